The van der Waals surface area contributed by atoms with Crippen molar-refractivity contribution < 1.29 is 9.59 Å². The van der Waals surface area contributed by atoms with Gasteiger partial charge in [0.25, 0.3) is 0 Å². The smallest absolute Gasteiger partial charge is 0.246 e. The zero-order valence-electron chi connectivity index (χ0n) is 13.2. The summed E-state index contributed by atoms with van der Waals surface area (Å²) < 4.78 is 2.45. The fourth-order valence-electron chi connectivity index (χ4n) is 2.13. The number of aryl methyl sites for hydroxylation is 1. The molecule has 2 N–H and O–H groups in total. The summed E-state index contributed by atoms with van der Waals surface area (Å²) in [6, 6.07) is 5.61. The highest BCUT2D eigenvalue weighted by molar-refractivity contribution is 7.18. The van der Waals surface area contributed by atoms with E-state index < -0.39 is 0 Å². The van der Waals surface area contributed by atoms with Crippen molar-refractivity contribution in [2.75, 3.05) is 10.6 Å². The van der Waals surface area contributed by atoms with E-state index >= 15 is 0 Å². The highest BCUT2D eigenvalue weighted by atomic mass is 32.1. The van der Waals surface area contributed by atoms with E-state index in [4.69, 9.17) is 0 Å². The van der Waals surface area contributed by atoms with Gasteiger partial charge in [0.2, 0.25) is 11.8 Å². The number of carbonyl (C=O) groups is 2. The van der Waals surface area contributed by atoms with E-state index in [1.165, 1.54) is 10.9 Å². The van der Waals surface area contributed by atoms with Crippen LogP contribution in [0.5, 0.6) is 0 Å². The van der Waals surface area contributed by atoms with Crippen LogP contribution in [0.4, 0.5) is 11.5 Å². The second-order valence-electron chi connectivity index (χ2n) is 5.17. The summed E-state index contributed by atoms with van der Waals surface area (Å²) in [6.07, 6.45) is 1.87. The van der Waals surface area contributed by atoms with Crippen LogP contribution in [-0.2, 0) is 16.1 Å². The number of benzene rings is 1. The number of anilines is 2. The Morgan fingerprint density at radius 1 is 1.25 bits per heavy atom. The number of nitrogens with zero attached hydrogens (tertiary/aromatic N) is 4. The standard InChI is InChI=1S/C15H16N6O2S/c1-3-14(22)18-13-7-21(20-19-13)8-15(23)17-10-4-5-12-11(6-10)16-9(2)24-12/h4-7H,3,8H2,1-2H3,(H,17,23)(H,18,22). The van der Waals surface area contributed by atoms with Gasteiger partial charge in [-0.15, -0.1) is 16.4 Å². The van der Waals surface area contributed by atoms with Crippen LogP contribution in [0.1, 0.15) is 18.4 Å². The molecule has 3 aromatic rings. The number of amides is 2. The molecule has 2 heterocycles. The van der Waals surface area contributed by atoms with Crippen molar-refractivity contribution in [2.24, 2.45) is 0 Å². The predicted octanol–water partition coefficient (Wildman–Crippen LogP) is 2.18. The summed E-state index contributed by atoms with van der Waals surface area (Å²) in [7, 11) is 0. The van der Waals surface area contributed by atoms with E-state index in [1.54, 1.807) is 18.3 Å². The first-order valence-corrected chi connectivity index (χ1v) is 8.22. The van der Waals surface area contributed by atoms with Gasteiger partial charge in [-0.05, 0) is 25.1 Å². The van der Waals surface area contributed by atoms with Crippen molar-refractivity contribution in [3.05, 3.63) is 29.4 Å². The molecule has 8 nitrogen and oxygen atoms in total. The van der Waals surface area contributed by atoms with Crippen molar-refractivity contribution in [1.29, 1.82) is 0 Å². The molecule has 1 aromatic carbocycles. The highest BCUT2D eigenvalue weighted by Crippen LogP contribution is 2.24. The zero-order valence-corrected chi connectivity index (χ0v) is 14.1. The van der Waals surface area contributed by atoms with Crippen LogP contribution in [0.15, 0.2) is 24.4 Å². The minimum absolute atomic E-state index is 0.00310. The van der Waals surface area contributed by atoms with Gasteiger partial charge in [0.15, 0.2) is 5.82 Å². The molecule has 3 rings (SSSR count). The van der Waals surface area contributed by atoms with Crippen LogP contribution in [0.25, 0.3) is 10.2 Å². The number of hydrogen-bond donors (Lipinski definition) is 2. The lowest BCUT2D eigenvalue weighted by molar-refractivity contribution is -0.117. The van der Waals surface area contributed by atoms with Crippen molar-refractivity contribution in [3.63, 3.8) is 0 Å². The van der Waals surface area contributed by atoms with E-state index in [1.807, 2.05) is 25.1 Å². The summed E-state index contributed by atoms with van der Waals surface area (Å²) in [4.78, 5) is 27.8. The summed E-state index contributed by atoms with van der Waals surface area (Å²) in [5, 5.41) is 14.0. The van der Waals surface area contributed by atoms with Gasteiger partial charge in [-0.25, -0.2) is 9.67 Å². The Bertz CT molecular complexity index is 900. The van der Waals surface area contributed by atoms with E-state index in [0.717, 1.165) is 15.2 Å². The Morgan fingerprint density at radius 3 is 2.88 bits per heavy atom. The summed E-state index contributed by atoms with van der Waals surface area (Å²) in [6.45, 7) is 3.69. The Labute approximate surface area is 141 Å². The quantitative estimate of drug-likeness (QED) is 0.738. The van der Waals surface area contributed by atoms with Crippen LogP contribution in [0.2, 0.25) is 0 Å². The SMILES string of the molecule is CCC(=O)Nc1cn(CC(=O)Nc2ccc3sc(C)nc3c2)nn1. The lowest BCUT2D eigenvalue weighted by atomic mass is 10.3. The third kappa shape index (κ3) is 3.74. The topological polar surface area (TPSA) is 102 Å². The maximum atomic E-state index is 12.1. The van der Waals surface area contributed by atoms with E-state index in [-0.39, 0.29) is 18.4 Å². The molecule has 0 spiro atoms. The third-order valence-electron chi connectivity index (χ3n) is 3.21. The number of nitrogens with one attached hydrogen (secondary N) is 2. The number of carbonyl (C=O) groups excluding carboxylic acids is 2. The Kier molecular flexibility index (Phi) is 4.52. The van der Waals surface area contributed by atoms with Crippen molar-refractivity contribution in [1.82, 2.24) is 20.0 Å². The minimum Gasteiger partial charge on any atom is -0.324 e. The summed E-state index contributed by atoms with van der Waals surface area (Å²) >= 11 is 1.61. The Hall–Kier alpha value is -2.81. The van der Waals surface area contributed by atoms with Gasteiger partial charge >= 0.3 is 0 Å². The molecule has 0 aliphatic rings. The average Bonchev–Trinajstić information content (AvgIpc) is 3.11. The number of fused-ring (bicyclic) bond motifs is 1. The first kappa shape index (κ1) is 16.1. The van der Waals surface area contributed by atoms with E-state index in [9.17, 15) is 9.59 Å². The number of rotatable bonds is 5. The highest BCUT2D eigenvalue weighted by Gasteiger charge is 2.09. The fraction of sp³-hybridized carbons (Fsp3) is 0.267. The lowest BCUT2D eigenvalue weighted by Gasteiger charge is -2.04. The first-order valence-electron chi connectivity index (χ1n) is 7.40. The van der Waals surface area contributed by atoms with Gasteiger partial charge in [-0.3, -0.25) is 9.59 Å². The normalized spacial score (nSPS) is 10.8. The van der Waals surface area contributed by atoms with Crippen LogP contribution in [0.3, 0.4) is 0 Å². The number of thiazole rings is 1. The molecule has 0 saturated heterocycles. The molecule has 0 saturated carbocycles. The van der Waals surface area contributed by atoms with Crippen LogP contribution >= 0.6 is 11.3 Å². The molecule has 124 valence electrons. The van der Waals surface area contributed by atoms with Crippen LogP contribution in [0, 0.1) is 6.92 Å². The second kappa shape index (κ2) is 6.75. The zero-order chi connectivity index (χ0) is 17.1. The van der Waals surface area contributed by atoms with Crippen molar-refractivity contribution in [3.8, 4) is 0 Å². The third-order valence-corrected chi connectivity index (χ3v) is 4.16. The predicted molar refractivity (Wildman–Crippen MR) is 91.9 cm³/mol. The molecular weight excluding hydrogens is 328 g/mol. The van der Waals surface area contributed by atoms with Crippen LogP contribution < -0.4 is 10.6 Å². The fourth-order valence-corrected chi connectivity index (χ4v) is 2.94. The molecule has 2 aromatic heterocycles. The molecule has 0 radical (unpaired) electrons. The van der Waals surface area contributed by atoms with E-state index in [0.29, 0.717) is 17.9 Å². The molecule has 0 atom stereocenters. The molecule has 0 fully saturated rings. The minimum atomic E-state index is -0.237. The van der Waals surface area contributed by atoms with Crippen LogP contribution in [-0.4, -0.2) is 31.8 Å². The largest absolute Gasteiger partial charge is 0.324 e. The Balaban J connectivity index is 1.63. The number of hydrogen-bond acceptors (Lipinski definition) is 6. The second-order valence-corrected chi connectivity index (χ2v) is 6.40. The number of aromatic nitrogens is 4. The molecule has 0 aliphatic carbocycles. The molecule has 0 unspecified atom stereocenters. The average molecular weight is 344 g/mol. The molecular formula is C15H16N6O2S. The van der Waals surface area contributed by atoms with E-state index in [2.05, 4.69) is 25.9 Å². The van der Waals surface area contributed by atoms with Gasteiger partial charge in [0, 0.05) is 12.1 Å². The maximum Gasteiger partial charge on any atom is 0.246 e. The monoisotopic (exact) mass is 344 g/mol. The van der Waals surface area contributed by atoms with Gasteiger partial charge in [-0.2, -0.15) is 0 Å². The molecule has 0 bridgehead atoms. The maximum absolute atomic E-state index is 12.1. The van der Waals surface area contributed by atoms with Gasteiger partial charge < -0.3 is 10.6 Å². The van der Waals surface area contributed by atoms with Gasteiger partial charge in [0.05, 0.1) is 21.4 Å². The Morgan fingerprint density at radius 2 is 2.08 bits per heavy atom. The van der Waals surface area contributed by atoms with Crippen molar-refractivity contribution in [2.45, 2.75) is 26.8 Å². The van der Waals surface area contributed by atoms with Gasteiger partial charge in [-0.1, -0.05) is 12.1 Å². The first-order chi connectivity index (χ1) is 11.5. The molecule has 24 heavy (non-hydrogen) atoms. The summed E-state index contributed by atoms with van der Waals surface area (Å²) in [5.41, 5.74) is 1.54. The van der Waals surface area contributed by atoms with Gasteiger partial charge in [0.1, 0.15) is 6.54 Å². The molecule has 0 aliphatic heterocycles. The summed E-state index contributed by atoms with van der Waals surface area (Å²) in [5.74, 6) is -0.0630. The lowest BCUT2D eigenvalue weighted by Crippen LogP contribution is -2.19. The van der Waals surface area contributed by atoms with Crippen molar-refractivity contribution >= 4 is 44.9 Å². The molecule has 2 amide bonds. The molecule has 9 heteroatoms.